The van der Waals surface area contributed by atoms with Crippen molar-refractivity contribution in [3.63, 3.8) is 0 Å². The lowest BCUT2D eigenvalue weighted by Crippen LogP contribution is -2.25. The Balaban J connectivity index is 1.09. The third kappa shape index (κ3) is 10.3. The second-order valence-corrected chi connectivity index (χ2v) is 24.6. The number of thiophene rings is 2. The van der Waals surface area contributed by atoms with Crippen LogP contribution in [0.3, 0.4) is 0 Å². The van der Waals surface area contributed by atoms with Gasteiger partial charge in [0, 0.05) is 26.3 Å². The molecular weight excluding hydrogens is 919 g/mol. The van der Waals surface area contributed by atoms with Crippen LogP contribution in [0.1, 0.15) is 217 Å². The van der Waals surface area contributed by atoms with Gasteiger partial charge in [0.25, 0.3) is 0 Å². The van der Waals surface area contributed by atoms with Crippen LogP contribution in [-0.2, 0) is 17.3 Å². The maximum Gasteiger partial charge on any atom is 0.0711 e. The minimum absolute atomic E-state index is 0.0728. The molecule has 0 saturated heterocycles. The van der Waals surface area contributed by atoms with Gasteiger partial charge in [-0.2, -0.15) is 0 Å². The highest BCUT2D eigenvalue weighted by atomic mass is 32.1. The largest absolute Gasteiger partial charge is 0.307 e. The molecule has 0 saturated carbocycles. The van der Waals surface area contributed by atoms with Crippen molar-refractivity contribution >= 4 is 43.1 Å². The summed E-state index contributed by atoms with van der Waals surface area (Å²) in [6.07, 6.45) is 32.2. The van der Waals surface area contributed by atoms with Crippen LogP contribution >= 0.6 is 22.7 Å². The Morgan fingerprint density at radius 1 is 0.356 bits per heavy atom. The fraction of sp³-hybridized carbons (Fsp3) is 0.457. The summed E-state index contributed by atoms with van der Waals surface area (Å²) < 4.78 is 5.47. The van der Waals surface area contributed by atoms with Crippen LogP contribution in [-0.4, -0.2) is 4.57 Å². The summed E-state index contributed by atoms with van der Waals surface area (Å²) in [5.74, 6) is 0. The lowest BCUT2D eigenvalue weighted by Gasteiger charge is -2.33. The highest BCUT2D eigenvalue weighted by molar-refractivity contribution is 7.30. The van der Waals surface area contributed by atoms with E-state index in [1.54, 1.807) is 22.3 Å². The van der Waals surface area contributed by atoms with Crippen molar-refractivity contribution in [2.75, 3.05) is 0 Å². The van der Waals surface area contributed by atoms with E-state index >= 15 is 0 Å². The first-order chi connectivity index (χ1) is 36.0. The molecule has 0 aliphatic heterocycles. The highest BCUT2D eigenvalue weighted by Gasteiger charge is 2.44. The topological polar surface area (TPSA) is 4.93 Å². The van der Waals surface area contributed by atoms with Gasteiger partial charge in [-0.15, -0.1) is 22.7 Å². The van der Waals surface area contributed by atoms with E-state index in [0.29, 0.717) is 0 Å². The summed E-state index contributed by atoms with van der Waals surface area (Å²) >= 11 is 4.06. The number of fused-ring (bicyclic) bond motifs is 9. The summed E-state index contributed by atoms with van der Waals surface area (Å²) in [4.78, 5) is 2.78. The second kappa shape index (κ2) is 23.9. The first kappa shape index (κ1) is 51.8. The van der Waals surface area contributed by atoms with Gasteiger partial charge in [0.2, 0.25) is 0 Å². The van der Waals surface area contributed by atoms with Crippen LogP contribution < -0.4 is 0 Å². The van der Waals surface area contributed by atoms with Gasteiger partial charge in [0.1, 0.15) is 0 Å². The first-order valence-electron chi connectivity index (χ1n) is 29.6. The van der Waals surface area contributed by atoms with Crippen LogP contribution in [0.25, 0.3) is 69.3 Å². The number of rotatable bonds is 28. The van der Waals surface area contributed by atoms with Crippen molar-refractivity contribution < 1.29 is 0 Å². The van der Waals surface area contributed by atoms with Crippen molar-refractivity contribution in [3.05, 3.63) is 149 Å². The van der Waals surface area contributed by atoms with E-state index in [0.717, 1.165) is 6.42 Å². The summed E-state index contributed by atoms with van der Waals surface area (Å²) in [5, 5.41) is 0. The molecule has 5 aromatic carbocycles. The molecule has 0 radical (unpaired) electrons. The number of aryl methyl sites for hydroxylation is 1. The number of nitrogens with zero attached hydrogens (tertiary/aromatic N) is 1. The number of aromatic nitrogens is 1. The third-order valence-electron chi connectivity index (χ3n) is 17.6. The molecule has 3 heterocycles. The molecule has 382 valence electrons. The average molecular weight is 1000 g/mol. The number of benzene rings is 5. The predicted molar refractivity (Wildman–Crippen MR) is 323 cm³/mol. The minimum Gasteiger partial charge on any atom is -0.307 e. The monoisotopic (exact) mass is 1000 g/mol. The molecule has 0 spiro atoms. The van der Waals surface area contributed by atoms with Crippen molar-refractivity contribution in [1.82, 2.24) is 4.57 Å². The Bertz CT molecular complexity index is 2870. The van der Waals surface area contributed by atoms with Crippen molar-refractivity contribution in [1.29, 1.82) is 0 Å². The van der Waals surface area contributed by atoms with Gasteiger partial charge in [0.15, 0.2) is 0 Å². The highest BCUT2D eigenvalue weighted by Crippen LogP contribution is 2.58. The molecular formula is C70H85NS2. The number of unbranched alkanes of at least 4 members (excludes halogenated alkanes) is 15. The van der Waals surface area contributed by atoms with Gasteiger partial charge in [-0.3, -0.25) is 0 Å². The van der Waals surface area contributed by atoms with E-state index in [1.807, 2.05) is 22.7 Å². The standard InChI is InChI=1S/C70H85NS2/c1-6-11-16-21-30-51-35-39-54(40-36-51)71-63-49-65(52-37-41-57-55-31-22-24-33-59(55)69(61(57)47-52,43-26-17-12-7-2)44-27-18-13-8-3)72-67(63)68-64(71)50-66(73-68)53-38-42-58-56-32-23-25-34-60(56)70(62(58)48-53,45-28-19-14-9-4)46-29-20-15-10-5/h22-25,31-42,47-50H,6-21,26-30,43-46H2,1-5H3. The van der Waals surface area contributed by atoms with Crippen LogP contribution in [0.5, 0.6) is 0 Å². The summed E-state index contributed by atoms with van der Waals surface area (Å²) in [5.41, 5.74) is 20.6. The molecule has 0 unspecified atom stereocenters. The zero-order chi connectivity index (χ0) is 50.2. The summed E-state index contributed by atoms with van der Waals surface area (Å²) in [7, 11) is 0. The Morgan fingerprint density at radius 3 is 1.15 bits per heavy atom. The summed E-state index contributed by atoms with van der Waals surface area (Å²) in [6.45, 7) is 11.7. The molecule has 0 fully saturated rings. The van der Waals surface area contributed by atoms with E-state index in [2.05, 4.69) is 161 Å². The molecule has 10 rings (SSSR count). The molecule has 0 N–H and O–H groups in total. The zero-order valence-corrected chi connectivity index (χ0v) is 47.1. The molecule has 2 aliphatic rings. The molecule has 3 heteroatoms. The average Bonchev–Trinajstić information content (AvgIpc) is 4.23. The van der Waals surface area contributed by atoms with Crippen LogP contribution in [0, 0.1) is 0 Å². The lowest BCUT2D eigenvalue weighted by molar-refractivity contribution is 0.401. The van der Waals surface area contributed by atoms with E-state index in [4.69, 9.17) is 0 Å². The molecule has 1 nitrogen and oxygen atoms in total. The van der Waals surface area contributed by atoms with Crippen LogP contribution in [0.15, 0.2) is 121 Å². The molecule has 3 aromatic heterocycles. The van der Waals surface area contributed by atoms with Gasteiger partial charge in [0.05, 0.1) is 20.4 Å². The van der Waals surface area contributed by atoms with Crippen molar-refractivity contribution in [2.24, 2.45) is 0 Å². The molecule has 0 amide bonds. The minimum atomic E-state index is 0.0728. The van der Waals surface area contributed by atoms with Gasteiger partial charge in [-0.1, -0.05) is 242 Å². The first-order valence-corrected chi connectivity index (χ1v) is 31.3. The Hall–Kier alpha value is -4.70. The van der Waals surface area contributed by atoms with Crippen LogP contribution in [0.2, 0.25) is 0 Å². The quantitative estimate of drug-likeness (QED) is 0.0431. The fourth-order valence-corrected chi connectivity index (χ4v) is 16.1. The Kier molecular flexibility index (Phi) is 16.9. The van der Waals surface area contributed by atoms with E-state index in [9.17, 15) is 0 Å². The van der Waals surface area contributed by atoms with Crippen LogP contribution in [0.4, 0.5) is 0 Å². The molecule has 0 bridgehead atoms. The van der Waals surface area contributed by atoms with Crippen molar-refractivity contribution in [3.8, 4) is 48.8 Å². The van der Waals surface area contributed by atoms with E-state index in [-0.39, 0.29) is 10.8 Å². The predicted octanol–water partition coefficient (Wildman–Crippen LogP) is 22.8. The van der Waals surface area contributed by atoms with Crippen molar-refractivity contribution in [2.45, 2.75) is 206 Å². The maximum absolute atomic E-state index is 2.66. The van der Waals surface area contributed by atoms with Gasteiger partial charge in [-0.25, -0.2) is 0 Å². The molecule has 0 atom stereocenters. The maximum atomic E-state index is 2.66. The summed E-state index contributed by atoms with van der Waals surface area (Å²) in [6, 6.07) is 49.0. The lowest BCUT2D eigenvalue weighted by atomic mass is 9.70. The number of hydrogen-bond donors (Lipinski definition) is 0. The van der Waals surface area contributed by atoms with Gasteiger partial charge < -0.3 is 4.57 Å². The smallest absolute Gasteiger partial charge is 0.0711 e. The van der Waals surface area contributed by atoms with Gasteiger partial charge in [-0.05, 0) is 136 Å². The second-order valence-electron chi connectivity index (χ2n) is 22.5. The normalized spacial score (nSPS) is 14.0. The Labute approximate surface area is 448 Å². The Morgan fingerprint density at radius 2 is 0.740 bits per heavy atom. The molecule has 2 aliphatic carbocycles. The molecule has 8 aromatic rings. The van der Waals surface area contributed by atoms with E-state index in [1.165, 1.54) is 229 Å². The zero-order valence-electron chi connectivity index (χ0n) is 45.5. The third-order valence-corrected chi connectivity index (χ3v) is 20.1. The van der Waals surface area contributed by atoms with Gasteiger partial charge >= 0.3 is 0 Å². The number of hydrogen-bond acceptors (Lipinski definition) is 2. The SMILES string of the molecule is CCCCCCc1ccc(-n2c3cc(-c4ccc5c(c4)C(CCCCCC)(CCCCCC)c4ccccc4-5)sc3c3sc(-c4ccc5c(c4)C(CCCCCC)(CCCCCC)c4ccccc4-5)cc32)cc1. The fourth-order valence-electron chi connectivity index (χ4n) is 13.6. The molecule has 73 heavy (non-hydrogen) atoms. The van der Waals surface area contributed by atoms with E-state index < -0.39 is 0 Å².